The van der Waals surface area contributed by atoms with E-state index in [0.29, 0.717) is 0 Å². The molecular weight excluding hydrogens is 190 g/mol. The van der Waals surface area contributed by atoms with Gasteiger partial charge in [-0.2, -0.15) is 0 Å². The molecule has 0 bridgehead atoms. The lowest BCUT2D eigenvalue weighted by Gasteiger charge is -2.00. The second-order valence-corrected chi connectivity index (χ2v) is 5.15. The normalized spacial score (nSPS) is 27.7. The molecule has 3 nitrogen and oxygen atoms in total. The zero-order chi connectivity index (χ0) is 11.4. The van der Waals surface area contributed by atoms with Gasteiger partial charge >= 0.3 is 5.97 Å². The molecule has 0 amide bonds. The minimum atomic E-state index is -0.678. The second-order valence-electron chi connectivity index (χ2n) is 5.15. The first-order chi connectivity index (χ1) is 6.85. The summed E-state index contributed by atoms with van der Waals surface area (Å²) in [6.07, 6.45) is 0. The molecule has 0 spiro atoms. The Hall–Kier alpha value is -1.25. The van der Waals surface area contributed by atoms with Crippen molar-refractivity contribution in [1.82, 2.24) is 4.98 Å². The van der Waals surface area contributed by atoms with Crippen LogP contribution in [0.2, 0.25) is 0 Å². The summed E-state index contributed by atoms with van der Waals surface area (Å²) in [5, 5.41) is 9.11. The molecule has 2 atom stereocenters. The molecule has 1 aromatic heterocycles. The van der Waals surface area contributed by atoms with Gasteiger partial charge in [0.05, 0.1) is 5.92 Å². The van der Waals surface area contributed by atoms with Crippen LogP contribution < -0.4 is 0 Å². The van der Waals surface area contributed by atoms with Gasteiger partial charge in [0.1, 0.15) is 0 Å². The molecule has 82 valence electrons. The predicted molar refractivity (Wildman–Crippen MR) is 57.9 cm³/mol. The van der Waals surface area contributed by atoms with E-state index in [9.17, 15) is 4.79 Å². The van der Waals surface area contributed by atoms with E-state index in [-0.39, 0.29) is 17.3 Å². The SMILES string of the molecule is Cc1cc(C2C(C(=O)O)C2(C)C)c(C)[nH]1. The first-order valence-electron chi connectivity index (χ1n) is 5.24. The van der Waals surface area contributed by atoms with E-state index in [1.165, 1.54) is 5.56 Å². The van der Waals surface area contributed by atoms with Crippen molar-refractivity contribution in [3.8, 4) is 0 Å². The van der Waals surface area contributed by atoms with Crippen LogP contribution in [0.25, 0.3) is 0 Å². The van der Waals surface area contributed by atoms with Crippen LogP contribution in [0.1, 0.15) is 36.7 Å². The number of hydrogen-bond acceptors (Lipinski definition) is 1. The molecule has 15 heavy (non-hydrogen) atoms. The van der Waals surface area contributed by atoms with Crippen LogP contribution in [0.15, 0.2) is 6.07 Å². The third-order valence-electron chi connectivity index (χ3n) is 3.62. The Bertz CT molecular complexity index is 417. The van der Waals surface area contributed by atoms with Crippen LogP contribution in [-0.2, 0) is 4.79 Å². The van der Waals surface area contributed by atoms with Crippen molar-refractivity contribution in [1.29, 1.82) is 0 Å². The largest absolute Gasteiger partial charge is 0.481 e. The van der Waals surface area contributed by atoms with Gasteiger partial charge in [0, 0.05) is 17.3 Å². The van der Waals surface area contributed by atoms with Gasteiger partial charge < -0.3 is 10.1 Å². The van der Waals surface area contributed by atoms with E-state index >= 15 is 0 Å². The van der Waals surface area contributed by atoms with Gasteiger partial charge in [0.15, 0.2) is 0 Å². The molecule has 2 rings (SSSR count). The summed E-state index contributed by atoms with van der Waals surface area (Å²) in [7, 11) is 0. The molecule has 3 heteroatoms. The Balaban J connectivity index is 2.35. The third kappa shape index (κ3) is 1.37. The molecule has 0 aromatic carbocycles. The average Bonchev–Trinajstić information content (AvgIpc) is 2.48. The lowest BCUT2D eigenvalue weighted by molar-refractivity contribution is -0.139. The fourth-order valence-corrected chi connectivity index (χ4v) is 2.75. The fraction of sp³-hybridized carbons (Fsp3) is 0.583. The molecule has 0 aliphatic heterocycles. The van der Waals surface area contributed by atoms with Crippen molar-refractivity contribution in [3.63, 3.8) is 0 Å². The molecule has 1 aromatic rings. The van der Waals surface area contributed by atoms with E-state index in [0.717, 1.165) is 11.4 Å². The second kappa shape index (κ2) is 2.87. The summed E-state index contributed by atoms with van der Waals surface area (Å²) in [6.45, 7) is 8.06. The number of carbonyl (C=O) groups is 1. The zero-order valence-electron chi connectivity index (χ0n) is 9.59. The topological polar surface area (TPSA) is 53.1 Å². The highest BCUT2D eigenvalue weighted by atomic mass is 16.4. The molecule has 0 radical (unpaired) electrons. The highest BCUT2D eigenvalue weighted by Crippen LogP contribution is 2.64. The summed E-state index contributed by atoms with van der Waals surface area (Å²) < 4.78 is 0. The van der Waals surface area contributed by atoms with Crippen LogP contribution >= 0.6 is 0 Å². The van der Waals surface area contributed by atoms with Crippen LogP contribution in [-0.4, -0.2) is 16.1 Å². The van der Waals surface area contributed by atoms with E-state index < -0.39 is 5.97 Å². The minimum absolute atomic E-state index is 0.106. The number of rotatable bonds is 2. The molecule has 2 N–H and O–H groups in total. The minimum Gasteiger partial charge on any atom is -0.481 e. The highest BCUT2D eigenvalue weighted by Gasteiger charge is 2.63. The van der Waals surface area contributed by atoms with Gasteiger partial charge in [0.25, 0.3) is 0 Å². The lowest BCUT2D eigenvalue weighted by Crippen LogP contribution is -2.03. The standard InChI is InChI=1S/C12H17NO2/c1-6-5-8(7(2)13-6)9-10(11(14)15)12(9,3)4/h5,9-10,13H,1-4H3,(H,14,15). The number of carboxylic acid groups (broad SMARTS) is 1. The summed E-state index contributed by atoms with van der Waals surface area (Å²) in [5.41, 5.74) is 3.28. The molecule has 1 fully saturated rings. The fourth-order valence-electron chi connectivity index (χ4n) is 2.75. The number of aliphatic carboxylic acids is 1. The Morgan fingerprint density at radius 3 is 2.40 bits per heavy atom. The maximum Gasteiger partial charge on any atom is 0.307 e. The Labute approximate surface area is 89.5 Å². The molecular formula is C12H17NO2. The smallest absolute Gasteiger partial charge is 0.307 e. The monoisotopic (exact) mass is 207 g/mol. The van der Waals surface area contributed by atoms with Crippen LogP contribution in [0, 0.1) is 25.2 Å². The molecule has 2 unspecified atom stereocenters. The van der Waals surface area contributed by atoms with Gasteiger partial charge in [-0.15, -0.1) is 0 Å². The molecule has 0 saturated heterocycles. The maximum atomic E-state index is 11.1. The van der Waals surface area contributed by atoms with Crippen LogP contribution in [0.3, 0.4) is 0 Å². The average molecular weight is 207 g/mol. The van der Waals surface area contributed by atoms with Crippen LogP contribution in [0.4, 0.5) is 0 Å². The highest BCUT2D eigenvalue weighted by molar-refractivity contribution is 5.77. The Kier molecular flexibility index (Phi) is 1.97. The number of aromatic nitrogens is 1. The molecule has 1 saturated carbocycles. The number of aryl methyl sites for hydroxylation is 2. The summed E-state index contributed by atoms with van der Waals surface area (Å²) in [6, 6.07) is 2.07. The number of nitrogens with one attached hydrogen (secondary N) is 1. The number of aromatic amines is 1. The maximum absolute atomic E-state index is 11.1. The summed E-state index contributed by atoms with van der Waals surface area (Å²) >= 11 is 0. The van der Waals surface area contributed by atoms with Gasteiger partial charge in [0.2, 0.25) is 0 Å². The number of carboxylic acids is 1. The summed E-state index contributed by atoms with van der Waals surface area (Å²) in [4.78, 5) is 14.3. The molecule has 1 aliphatic carbocycles. The van der Waals surface area contributed by atoms with Gasteiger partial charge in [-0.05, 0) is 30.9 Å². The summed E-state index contributed by atoms with van der Waals surface area (Å²) in [5.74, 6) is -0.741. The van der Waals surface area contributed by atoms with E-state index in [4.69, 9.17) is 5.11 Å². The third-order valence-corrected chi connectivity index (χ3v) is 3.62. The predicted octanol–water partition coefficient (Wildman–Crippen LogP) is 2.46. The van der Waals surface area contributed by atoms with Gasteiger partial charge in [-0.25, -0.2) is 0 Å². The van der Waals surface area contributed by atoms with Crippen molar-refractivity contribution in [2.45, 2.75) is 33.6 Å². The molecule has 1 heterocycles. The zero-order valence-corrected chi connectivity index (χ0v) is 9.59. The van der Waals surface area contributed by atoms with Crippen molar-refractivity contribution in [2.24, 2.45) is 11.3 Å². The van der Waals surface area contributed by atoms with Gasteiger partial charge in [-0.3, -0.25) is 4.79 Å². The van der Waals surface area contributed by atoms with Crippen molar-refractivity contribution < 1.29 is 9.90 Å². The first kappa shape index (κ1) is 10.3. The van der Waals surface area contributed by atoms with E-state index in [1.807, 2.05) is 27.7 Å². The Morgan fingerprint density at radius 2 is 2.07 bits per heavy atom. The quantitative estimate of drug-likeness (QED) is 0.782. The van der Waals surface area contributed by atoms with Crippen molar-refractivity contribution >= 4 is 5.97 Å². The van der Waals surface area contributed by atoms with E-state index in [2.05, 4.69) is 11.1 Å². The van der Waals surface area contributed by atoms with Crippen molar-refractivity contribution in [3.05, 3.63) is 23.0 Å². The Morgan fingerprint density at radius 1 is 1.47 bits per heavy atom. The first-order valence-corrected chi connectivity index (χ1v) is 5.24. The van der Waals surface area contributed by atoms with E-state index in [1.54, 1.807) is 0 Å². The van der Waals surface area contributed by atoms with Gasteiger partial charge in [-0.1, -0.05) is 13.8 Å². The van der Waals surface area contributed by atoms with Crippen LogP contribution in [0.5, 0.6) is 0 Å². The lowest BCUT2D eigenvalue weighted by atomic mass is 10.0. The molecule has 1 aliphatic rings. The van der Waals surface area contributed by atoms with Crippen molar-refractivity contribution in [2.75, 3.05) is 0 Å². The number of hydrogen-bond donors (Lipinski definition) is 2. The number of H-pyrrole nitrogens is 1.